The zero-order chi connectivity index (χ0) is 25.9. The number of urea groups is 1. The number of aromatic nitrogens is 2. The molecule has 1 fully saturated rings. The summed E-state index contributed by atoms with van der Waals surface area (Å²) in [6.07, 6.45) is 3.23. The fourth-order valence-corrected chi connectivity index (χ4v) is 5.13. The number of nitrogens with zero attached hydrogens (tertiary/aromatic N) is 4. The number of aliphatic hydroxyl groups excluding tert-OH is 1. The summed E-state index contributed by atoms with van der Waals surface area (Å²) in [6, 6.07) is 13.3. The van der Waals surface area contributed by atoms with E-state index in [0.717, 1.165) is 42.4 Å². The summed E-state index contributed by atoms with van der Waals surface area (Å²) in [5, 5.41) is 26.3. The Morgan fingerprint density at radius 1 is 1.27 bits per heavy atom. The highest BCUT2D eigenvalue weighted by Crippen LogP contribution is 2.38. The number of hydrogen-bond donors (Lipinski definition) is 2. The third kappa shape index (κ3) is 5.16. The molecular formula is C28H31N5O4. The van der Waals surface area contributed by atoms with E-state index in [1.54, 1.807) is 18.2 Å². The lowest BCUT2D eigenvalue weighted by Gasteiger charge is -2.32. The fourth-order valence-electron chi connectivity index (χ4n) is 5.13. The zero-order valence-electron chi connectivity index (χ0n) is 21.1. The van der Waals surface area contributed by atoms with E-state index in [1.807, 2.05) is 36.9 Å². The van der Waals surface area contributed by atoms with Crippen molar-refractivity contribution in [3.63, 3.8) is 0 Å². The lowest BCUT2D eigenvalue weighted by molar-refractivity contribution is 0.135. The van der Waals surface area contributed by atoms with Crippen molar-refractivity contribution in [1.29, 1.82) is 5.26 Å². The van der Waals surface area contributed by atoms with Crippen molar-refractivity contribution in [3.8, 4) is 34.7 Å². The van der Waals surface area contributed by atoms with Crippen LogP contribution in [0, 0.1) is 17.2 Å². The standard InChI is InChI=1S/C28H31N5O4/c1-17(2)36-25-9-6-19(14-20(25)15-29)27-31-26(32-37-27)23-5-3-4-22-21(23)7-8-24(22)30-28(35)33-12-10-18(16-34)11-13-33/h3-6,9,14,17-18,24,34H,7-8,10-13,16H2,1-2H3,(H,30,35)/t24-/m0/s1. The van der Waals surface area contributed by atoms with Gasteiger partial charge in [-0.2, -0.15) is 10.2 Å². The largest absolute Gasteiger partial charge is 0.490 e. The van der Waals surface area contributed by atoms with E-state index in [-0.39, 0.29) is 30.7 Å². The van der Waals surface area contributed by atoms with Crippen molar-refractivity contribution in [1.82, 2.24) is 20.4 Å². The first-order chi connectivity index (χ1) is 18.0. The first-order valence-electron chi connectivity index (χ1n) is 12.8. The van der Waals surface area contributed by atoms with Crippen LogP contribution in [0.15, 0.2) is 40.9 Å². The van der Waals surface area contributed by atoms with Gasteiger partial charge in [-0.25, -0.2) is 4.79 Å². The van der Waals surface area contributed by atoms with Gasteiger partial charge in [0, 0.05) is 30.8 Å². The number of ether oxygens (including phenoxy) is 1. The summed E-state index contributed by atoms with van der Waals surface area (Å²) in [4.78, 5) is 19.4. The van der Waals surface area contributed by atoms with Gasteiger partial charge >= 0.3 is 6.03 Å². The summed E-state index contributed by atoms with van der Waals surface area (Å²) >= 11 is 0. The van der Waals surface area contributed by atoms with Gasteiger partial charge in [-0.3, -0.25) is 0 Å². The number of nitriles is 1. The molecule has 2 N–H and O–H groups in total. The number of carbonyl (C=O) groups is 1. The number of aliphatic hydroxyl groups is 1. The molecule has 0 spiro atoms. The van der Waals surface area contributed by atoms with Crippen LogP contribution in [0.4, 0.5) is 4.79 Å². The predicted molar refractivity (Wildman–Crippen MR) is 137 cm³/mol. The molecule has 37 heavy (non-hydrogen) atoms. The van der Waals surface area contributed by atoms with Gasteiger partial charge in [-0.15, -0.1) is 0 Å². The molecule has 1 aromatic heterocycles. The SMILES string of the molecule is CC(C)Oc1ccc(-c2nc(-c3cccc4c3CC[C@@H]4NC(=O)N3CCC(CO)CC3)no2)cc1C#N. The van der Waals surface area contributed by atoms with Crippen LogP contribution in [0.25, 0.3) is 22.8 Å². The summed E-state index contributed by atoms with van der Waals surface area (Å²) < 4.78 is 11.3. The molecule has 1 aliphatic carbocycles. The molecule has 0 saturated carbocycles. The van der Waals surface area contributed by atoms with Gasteiger partial charge in [-0.1, -0.05) is 23.4 Å². The number of nitrogens with one attached hydrogen (secondary N) is 1. The first-order valence-corrected chi connectivity index (χ1v) is 12.8. The van der Waals surface area contributed by atoms with Crippen molar-refractivity contribution >= 4 is 6.03 Å². The van der Waals surface area contributed by atoms with E-state index in [9.17, 15) is 15.2 Å². The summed E-state index contributed by atoms with van der Waals surface area (Å²) in [5.74, 6) is 1.62. The van der Waals surface area contributed by atoms with E-state index >= 15 is 0 Å². The fraction of sp³-hybridized carbons (Fsp3) is 0.429. The highest BCUT2D eigenvalue weighted by atomic mass is 16.5. The van der Waals surface area contributed by atoms with E-state index in [4.69, 9.17) is 9.26 Å². The van der Waals surface area contributed by atoms with Crippen LogP contribution in [0.3, 0.4) is 0 Å². The van der Waals surface area contributed by atoms with E-state index in [0.29, 0.717) is 41.7 Å². The number of carbonyl (C=O) groups excluding carboxylic acids is 1. The number of amides is 2. The highest BCUT2D eigenvalue weighted by Gasteiger charge is 2.30. The molecule has 2 amide bonds. The van der Waals surface area contributed by atoms with Crippen molar-refractivity contribution < 1.29 is 19.2 Å². The Bertz CT molecular complexity index is 1320. The topological polar surface area (TPSA) is 125 Å². The lowest BCUT2D eigenvalue weighted by Crippen LogP contribution is -2.45. The monoisotopic (exact) mass is 501 g/mol. The second kappa shape index (κ2) is 10.6. The minimum Gasteiger partial charge on any atom is -0.490 e. The quantitative estimate of drug-likeness (QED) is 0.511. The Hall–Kier alpha value is -3.90. The average Bonchev–Trinajstić information content (AvgIpc) is 3.56. The first kappa shape index (κ1) is 24.8. The number of likely N-dealkylation sites (tertiary alicyclic amines) is 1. The van der Waals surface area contributed by atoms with Gasteiger partial charge in [0.25, 0.3) is 5.89 Å². The number of hydrogen-bond acceptors (Lipinski definition) is 7. The van der Waals surface area contributed by atoms with E-state index < -0.39 is 0 Å². The third-order valence-corrected chi connectivity index (χ3v) is 7.10. The van der Waals surface area contributed by atoms with E-state index in [1.165, 1.54) is 0 Å². The number of piperidine rings is 1. The summed E-state index contributed by atoms with van der Waals surface area (Å²) in [7, 11) is 0. The Labute approximate surface area is 216 Å². The lowest BCUT2D eigenvalue weighted by atomic mass is 9.98. The second-order valence-corrected chi connectivity index (χ2v) is 9.94. The maximum absolute atomic E-state index is 12.9. The minimum absolute atomic E-state index is 0.0415. The molecule has 2 aliphatic rings. The normalized spacial score (nSPS) is 17.5. The van der Waals surface area contributed by atoms with Crippen LogP contribution < -0.4 is 10.1 Å². The molecule has 0 unspecified atom stereocenters. The van der Waals surface area contributed by atoms with Gasteiger partial charge in [0.15, 0.2) is 0 Å². The summed E-state index contributed by atoms with van der Waals surface area (Å²) in [6.45, 7) is 5.34. The van der Waals surface area contributed by atoms with Gasteiger partial charge in [0.1, 0.15) is 11.8 Å². The molecule has 1 saturated heterocycles. The van der Waals surface area contributed by atoms with E-state index in [2.05, 4.69) is 21.5 Å². The molecule has 0 bridgehead atoms. The van der Waals surface area contributed by atoms with Crippen molar-refractivity contribution in [2.24, 2.45) is 5.92 Å². The predicted octanol–water partition coefficient (Wildman–Crippen LogP) is 4.46. The van der Waals surface area contributed by atoms with Gasteiger partial charge < -0.3 is 24.6 Å². The molecule has 0 radical (unpaired) electrons. The molecule has 1 atom stereocenters. The van der Waals surface area contributed by atoms with Crippen LogP contribution in [0.5, 0.6) is 5.75 Å². The third-order valence-electron chi connectivity index (χ3n) is 7.10. The highest BCUT2D eigenvalue weighted by molar-refractivity contribution is 5.76. The van der Waals surface area contributed by atoms with Crippen LogP contribution in [0.1, 0.15) is 55.8 Å². The molecule has 1 aliphatic heterocycles. The van der Waals surface area contributed by atoms with Crippen molar-refractivity contribution in [3.05, 3.63) is 53.1 Å². The molecule has 2 aromatic carbocycles. The molecule has 2 heterocycles. The number of fused-ring (bicyclic) bond motifs is 1. The molecule has 9 heteroatoms. The molecule has 9 nitrogen and oxygen atoms in total. The molecule has 192 valence electrons. The van der Waals surface area contributed by atoms with Gasteiger partial charge in [-0.05, 0) is 74.8 Å². The number of benzene rings is 2. The Morgan fingerprint density at radius 2 is 2.08 bits per heavy atom. The Kier molecular flexibility index (Phi) is 7.10. The number of rotatable bonds is 6. The molecule has 5 rings (SSSR count). The summed E-state index contributed by atoms with van der Waals surface area (Å²) in [5.41, 5.74) is 4.12. The Balaban J connectivity index is 1.33. The van der Waals surface area contributed by atoms with Crippen molar-refractivity contribution in [2.45, 2.75) is 51.7 Å². The molecular weight excluding hydrogens is 470 g/mol. The van der Waals surface area contributed by atoms with Gasteiger partial charge in [0.05, 0.1) is 17.7 Å². The minimum atomic E-state index is -0.0731. The maximum Gasteiger partial charge on any atom is 0.317 e. The van der Waals surface area contributed by atoms with Crippen LogP contribution in [0.2, 0.25) is 0 Å². The zero-order valence-corrected chi connectivity index (χ0v) is 21.1. The van der Waals surface area contributed by atoms with Gasteiger partial charge in [0.2, 0.25) is 5.82 Å². The van der Waals surface area contributed by atoms with Crippen LogP contribution in [-0.2, 0) is 6.42 Å². The smallest absolute Gasteiger partial charge is 0.317 e. The second-order valence-electron chi connectivity index (χ2n) is 9.94. The van der Waals surface area contributed by atoms with Crippen LogP contribution >= 0.6 is 0 Å². The van der Waals surface area contributed by atoms with Crippen LogP contribution in [-0.4, -0.2) is 52.0 Å². The Morgan fingerprint density at radius 3 is 2.81 bits per heavy atom. The average molecular weight is 502 g/mol. The van der Waals surface area contributed by atoms with Crippen molar-refractivity contribution in [2.75, 3.05) is 19.7 Å². The molecule has 3 aromatic rings. The maximum atomic E-state index is 12.9.